The van der Waals surface area contributed by atoms with E-state index in [4.69, 9.17) is 9.47 Å². The van der Waals surface area contributed by atoms with Gasteiger partial charge in [-0.25, -0.2) is 18.1 Å². The second kappa shape index (κ2) is 10.9. The van der Waals surface area contributed by atoms with E-state index in [0.29, 0.717) is 29.4 Å². The van der Waals surface area contributed by atoms with Crippen LogP contribution in [0.25, 0.3) is 0 Å². The largest absolute Gasteiger partial charge is 0.494 e. The van der Waals surface area contributed by atoms with Gasteiger partial charge in [-0.1, -0.05) is 13.0 Å². The van der Waals surface area contributed by atoms with E-state index >= 15 is 0 Å². The molecule has 9 heteroatoms. The number of carbonyl (C=O) groups is 1. The Morgan fingerprint density at radius 3 is 2.42 bits per heavy atom. The maximum Gasteiger partial charge on any atom is 0.251 e. The Kier molecular flexibility index (Phi) is 8.02. The second-order valence-corrected chi connectivity index (χ2v) is 8.94. The minimum Gasteiger partial charge on any atom is -0.494 e. The summed E-state index contributed by atoms with van der Waals surface area (Å²) in [5.74, 6) is 1.39. The van der Waals surface area contributed by atoms with Gasteiger partial charge in [-0.05, 0) is 67.4 Å². The van der Waals surface area contributed by atoms with E-state index in [1.54, 1.807) is 50.4 Å². The number of carbonyl (C=O) groups excluding carboxylic acids is 1. The summed E-state index contributed by atoms with van der Waals surface area (Å²) >= 11 is 0. The van der Waals surface area contributed by atoms with Crippen molar-refractivity contribution in [2.24, 2.45) is 0 Å². The molecule has 2 N–H and O–H groups in total. The molecule has 174 valence electrons. The van der Waals surface area contributed by atoms with Crippen molar-refractivity contribution in [1.82, 2.24) is 15.0 Å². The van der Waals surface area contributed by atoms with Crippen LogP contribution in [0.5, 0.6) is 17.4 Å². The van der Waals surface area contributed by atoms with Crippen LogP contribution in [-0.4, -0.2) is 32.5 Å². The molecule has 0 saturated carbocycles. The van der Waals surface area contributed by atoms with Gasteiger partial charge in [0.2, 0.25) is 15.9 Å². The van der Waals surface area contributed by atoms with Crippen LogP contribution in [-0.2, 0) is 16.6 Å². The van der Waals surface area contributed by atoms with E-state index in [2.05, 4.69) is 15.0 Å². The Balaban J connectivity index is 1.67. The maximum atomic E-state index is 12.8. The Hall–Kier alpha value is -3.43. The van der Waals surface area contributed by atoms with Crippen LogP contribution in [0.3, 0.4) is 0 Å². The first-order valence-corrected chi connectivity index (χ1v) is 12.0. The molecule has 3 rings (SSSR count). The molecule has 0 bridgehead atoms. The molecular weight excluding hydrogens is 442 g/mol. The predicted molar refractivity (Wildman–Crippen MR) is 125 cm³/mol. The summed E-state index contributed by atoms with van der Waals surface area (Å²) in [5.41, 5.74) is 1.76. The zero-order chi connectivity index (χ0) is 23.8. The van der Waals surface area contributed by atoms with Crippen LogP contribution in [0, 0.1) is 6.92 Å². The highest BCUT2D eigenvalue weighted by Crippen LogP contribution is 2.23. The minimum absolute atomic E-state index is 0.0510. The van der Waals surface area contributed by atoms with Crippen LogP contribution in [0.15, 0.2) is 65.7 Å². The Labute approximate surface area is 194 Å². The summed E-state index contributed by atoms with van der Waals surface area (Å²) in [7, 11) is -3.65. The molecule has 3 aromatic rings. The number of benzene rings is 2. The van der Waals surface area contributed by atoms with Crippen molar-refractivity contribution in [3.8, 4) is 17.4 Å². The fourth-order valence-electron chi connectivity index (χ4n) is 3.07. The van der Waals surface area contributed by atoms with Crippen LogP contribution < -0.4 is 19.5 Å². The smallest absolute Gasteiger partial charge is 0.251 e. The SMILES string of the molecule is CCNS(=O)(=O)c1ccc(C)c(C(=O)NCc2ccnc(Oc3ccc(OCC)cc3)c2)c1. The second-order valence-electron chi connectivity index (χ2n) is 7.17. The molecule has 2 aromatic carbocycles. The van der Waals surface area contributed by atoms with Crippen LogP contribution in [0.2, 0.25) is 0 Å². The van der Waals surface area contributed by atoms with Crippen molar-refractivity contribution in [2.45, 2.75) is 32.2 Å². The summed E-state index contributed by atoms with van der Waals surface area (Å²) < 4.78 is 38.2. The van der Waals surface area contributed by atoms with Gasteiger partial charge in [-0.15, -0.1) is 0 Å². The number of nitrogens with one attached hydrogen (secondary N) is 2. The molecule has 0 unspecified atom stereocenters. The number of rotatable bonds is 10. The molecule has 0 radical (unpaired) electrons. The van der Waals surface area contributed by atoms with Gasteiger partial charge in [0, 0.05) is 30.9 Å². The molecule has 1 aromatic heterocycles. The van der Waals surface area contributed by atoms with Crippen molar-refractivity contribution < 1.29 is 22.7 Å². The lowest BCUT2D eigenvalue weighted by atomic mass is 10.1. The van der Waals surface area contributed by atoms with Gasteiger partial charge < -0.3 is 14.8 Å². The number of amides is 1. The molecule has 0 fully saturated rings. The summed E-state index contributed by atoms with van der Waals surface area (Å²) in [6.45, 7) is 6.45. The molecule has 0 saturated heterocycles. The lowest BCUT2D eigenvalue weighted by Gasteiger charge is -2.11. The maximum absolute atomic E-state index is 12.8. The standard InChI is InChI=1S/C24H27N3O5S/c1-4-27-33(29,30)21-11-6-17(3)22(15-21)24(28)26-16-18-12-13-25-23(14-18)32-20-9-7-19(8-10-20)31-5-2/h6-15,27H,4-5,16H2,1-3H3,(H,26,28). The van der Waals surface area contributed by atoms with Crippen molar-refractivity contribution in [3.63, 3.8) is 0 Å². The first-order valence-electron chi connectivity index (χ1n) is 10.6. The van der Waals surface area contributed by atoms with Gasteiger partial charge in [0.1, 0.15) is 11.5 Å². The Bertz CT molecular complexity index is 1210. The zero-order valence-electron chi connectivity index (χ0n) is 18.8. The van der Waals surface area contributed by atoms with Crippen LogP contribution in [0.4, 0.5) is 0 Å². The van der Waals surface area contributed by atoms with Crippen LogP contribution >= 0.6 is 0 Å². The van der Waals surface area contributed by atoms with Gasteiger partial charge in [0.05, 0.1) is 11.5 Å². The molecule has 8 nitrogen and oxygen atoms in total. The van der Waals surface area contributed by atoms with Crippen LogP contribution in [0.1, 0.15) is 35.3 Å². The van der Waals surface area contributed by atoms with E-state index in [0.717, 1.165) is 11.3 Å². The van der Waals surface area contributed by atoms with E-state index < -0.39 is 10.0 Å². The first-order chi connectivity index (χ1) is 15.8. The Morgan fingerprint density at radius 2 is 1.73 bits per heavy atom. The Morgan fingerprint density at radius 1 is 1.00 bits per heavy atom. The zero-order valence-corrected chi connectivity index (χ0v) is 19.6. The third-order valence-electron chi connectivity index (χ3n) is 4.71. The monoisotopic (exact) mass is 469 g/mol. The molecule has 0 spiro atoms. The highest BCUT2D eigenvalue weighted by Gasteiger charge is 2.17. The topological polar surface area (TPSA) is 107 Å². The fourth-order valence-corrected chi connectivity index (χ4v) is 4.14. The van der Waals surface area contributed by atoms with Crippen molar-refractivity contribution in [1.29, 1.82) is 0 Å². The molecule has 1 amide bonds. The van der Waals surface area contributed by atoms with E-state index in [1.807, 2.05) is 19.1 Å². The molecule has 0 aliphatic carbocycles. The van der Waals surface area contributed by atoms with Crippen molar-refractivity contribution >= 4 is 15.9 Å². The molecule has 0 aliphatic rings. The summed E-state index contributed by atoms with van der Waals surface area (Å²) in [6, 6.07) is 15.2. The minimum atomic E-state index is -3.65. The highest BCUT2D eigenvalue weighted by atomic mass is 32.2. The number of hydrogen-bond donors (Lipinski definition) is 2. The summed E-state index contributed by atoms with van der Waals surface area (Å²) in [4.78, 5) is 17.0. The summed E-state index contributed by atoms with van der Waals surface area (Å²) in [5, 5.41) is 2.83. The number of aromatic nitrogens is 1. The number of ether oxygens (including phenoxy) is 2. The average Bonchev–Trinajstić information content (AvgIpc) is 2.79. The first kappa shape index (κ1) is 24.2. The van der Waals surface area contributed by atoms with E-state index in [9.17, 15) is 13.2 Å². The molecule has 1 heterocycles. The lowest BCUT2D eigenvalue weighted by molar-refractivity contribution is 0.0950. The summed E-state index contributed by atoms with van der Waals surface area (Å²) in [6.07, 6.45) is 1.60. The quantitative estimate of drug-likeness (QED) is 0.468. The highest BCUT2D eigenvalue weighted by molar-refractivity contribution is 7.89. The number of sulfonamides is 1. The van der Waals surface area contributed by atoms with E-state index in [1.165, 1.54) is 12.1 Å². The molecule has 0 atom stereocenters. The van der Waals surface area contributed by atoms with Crippen molar-refractivity contribution in [3.05, 3.63) is 77.5 Å². The number of aryl methyl sites for hydroxylation is 1. The predicted octanol–water partition coefficient (Wildman–Crippen LogP) is 3.81. The molecule has 33 heavy (non-hydrogen) atoms. The van der Waals surface area contributed by atoms with Gasteiger partial charge in [-0.3, -0.25) is 4.79 Å². The third-order valence-corrected chi connectivity index (χ3v) is 6.25. The fraction of sp³-hybridized carbons (Fsp3) is 0.250. The third kappa shape index (κ3) is 6.53. The van der Waals surface area contributed by atoms with Gasteiger partial charge in [0.15, 0.2) is 0 Å². The molecule has 0 aliphatic heterocycles. The molecular formula is C24H27N3O5S. The van der Waals surface area contributed by atoms with E-state index in [-0.39, 0.29) is 23.9 Å². The number of nitrogens with zero attached hydrogens (tertiary/aromatic N) is 1. The normalized spacial score (nSPS) is 11.1. The van der Waals surface area contributed by atoms with Gasteiger partial charge in [0.25, 0.3) is 5.91 Å². The van der Waals surface area contributed by atoms with Crippen molar-refractivity contribution in [2.75, 3.05) is 13.2 Å². The number of hydrogen-bond acceptors (Lipinski definition) is 6. The number of pyridine rings is 1. The van der Waals surface area contributed by atoms with Gasteiger partial charge in [-0.2, -0.15) is 0 Å². The average molecular weight is 470 g/mol. The lowest BCUT2D eigenvalue weighted by Crippen LogP contribution is -2.26. The van der Waals surface area contributed by atoms with Gasteiger partial charge >= 0.3 is 0 Å².